The van der Waals surface area contributed by atoms with Crippen LogP contribution in [0.2, 0.25) is 0 Å². The molecule has 0 radical (unpaired) electrons. The highest BCUT2D eigenvalue weighted by molar-refractivity contribution is 5.69. The summed E-state index contributed by atoms with van der Waals surface area (Å²) in [5.74, 6) is -1.77. The van der Waals surface area contributed by atoms with Crippen molar-refractivity contribution in [3.05, 3.63) is 0 Å². The van der Waals surface area contributed by atoms with Gasteiger partial charge in [0.05, 0.1) is 44.2 Å². The van der Waals surface area contributed by atoms with Crippen LogP contribution < -0.4 is 5.11 Å². The average Bonchev–Trinajstić information content (AvgIpc) is 2.30. The lowest BCUT2D eigenvalue weighted by molar-refractivity contribution is -0.934. The largest absolute Gasteiger partial charge is 0.550 e. The molecule has 0 saturated carbocycles. The number of hydrogen-bond acceptors (Lipinski definition) is 3. The molecule has 2 aliphatic heterocycles. The van der Waals surface area contributed by atoms with Gasteiger partial charge in [-0.25, -0.2) is 0 Å². The Morgan fingerprint density at radius 1 is 1.43 bits per heavy atom. The first-order chi connectivity index (χ1) is 6.44. The van der Waals surface area contributed by atoms with Gasteiger partial charge < -0.3 is 19.5 Å². The Kier molecular flexibility index (Phi) is 2.08. The molecule has 2 saturated heterocycles. The lowest BCUT2D eigenvalue weighted by Gasteiger charge is -2.47. The molecule has 2 rings (SSSR count). The van der Waals surface area contributed by atoms with E-state index in [1.165, 1.54) is 0 Å². The minimum absolute atomic E-state index is 0.0359. The van der Waals surface area contributed by atoms with E-state index >= 15 is 0 Å². The second kappa shape index (κ2) is 2.94. The zero-order valence-corrected chi connectivity index (χ0v) is 8.64. The van der Waals surface area contributed by atoms with E-state index in [4.69, 9.17) is 0 Å². The topological polar surface area (TPSA) is 60.4 Å². The number of quaternary nitrogens is 1. The van der Waals surface area contributed by atoms with Gasteiger partial charge in [0, 0.05) is 19.3 Å². The van der Waals surface area contributed by atoms with E-state index in [9.17, 15) is 15.0 Å². The molecule has 4 atom stereocenters. The van der Waals surface area contributed by atoms with Crippen LogP contribution in [0.4, 0.5) is 0 Å². The van der Waals surface area contributed by atoms with Gasteiger partial charge >= 0.3 is 0 Å². The minimum atomic E-state index is -1.09. The molecule has 0 aromatic heterocycles. The fraction of sp³-hybridized carbons (Fsp3) is 0.900. The Balaban J connectivity index is 2.30. The van der Waals surface area contributed by atoms with Gasteiger partial charge in [-0.1, -0.05) is 0 Å². The van der Waals surface area contributed by atoms with E-state index in [2.05, 4.69) is 14.1 Å². The summed E-state index contributed by atoms with van der Waals surface area (Å²) in [4.78, 5) is 11.0. The fourth-order valence-electron chi connectivity index (χ4n) is 3.28. The first kappa shape index (κ1) is 9.93. The van der Waals surface area contributed by atoms with Crippen LogP contribution in [-0.4, -0.2) is 47.8 Å². The molecule has 2 heterocycles. The molecule has 2 aliphatic rings. The number of aliphatic carboxylic acids is 1. The normalized spacial score (nSPS) is 45.1. The summed E-state index contributed by atoms with van der Waals surface area (Å²) in [6.45, 7) is 0. The average molecular weight is 199 g/mol. The summed E-state index contributed by atoms with van der Waals surface area (Å²) in [7, 11) is 4.12. The first-order valence-electron chi connectivity index (χ1n) is 5.17. The number of carboxylic acid groups (broad SMARTS) is 1. The number of aliphatic hydroxyl groups excluding tert-OH is 1. The van der Waals surface area contributed by atoms with E-state index in [0.717, 1.165) is 17.3 Å². The molecule has 0 aromatic carbocycles. The standard InChI is InChI=1S/C10H17NO3/c1-11(2)6-3-4-7(11)9(10(13)14)8(12)5-6/h6-9,12H,3-5H2,1-2H3/t6?,7?,8-,9+/m0/s1. The molecule has 1 N–H and O–H groups in total. The van der Waals surface area contributed by atoms with Crippen molar-refractivity contribution >= 4 is 5.97 Å². The van der Waals surface area contributed by atoms with Crippen molar-refractivity contribution in [2.45, 2.75) is 37.5 Å². The van der Waals surface area contributed by atoms with Gasteiger partial charge in [-0.3, -0.25) is 0 Å². The molecule has 2 unspecified atom stereocenters. The van der Waals surface area contributed by atoms with E-state index in [1.807, 2.05) is 0 Å². The second-order valence-corrected chi connectivity index (χ2v) is 5.08. The van der Waals surface area contributed by atoms with Gasteiger partial charge in [0.2, 0.25) is 0 Å². The van der Waals surface area contributed by atoms with Crippen molar-refractivity contribution in [1.82, 2.24) is 0 Å². The van der Waals surface area contributed by atoms with Crippen LogP contribution in [0.3, 0.4) is 0 Å². The van der Waals surface area contributed by atoms with E-state index in [1.54, 1.807) is 0 Å². The predicted molar refractivity (Wildman–Crippen MR) is 48.0 cm³/mol. The summed E-state index contributed by atoms with van der Waals surface area (Å²) < 4.78 is 0.732. The van der Waals surface area contributed by atoms with E-state index in [-0.39, 0.29) is 6.04 Å². The van der Waals surface area contributed by atoms with Crippen molar-refractivity contribution in [3.63, 3.8) is 0 Å². The molecule has 0 spiro atoms. The highest BCUT2D eigenvalue weighted by Crippen LogP contribution is 2.42. The Morgan fingerprint density at radius 2 is 2.07 bits per heavy atom. The zero-order valence-electron chi connectivity index (χ0n) is 8.64. The van der Waals surface area contributed by atoms with E-state index in [0.29, 0.717) is 12.5 Å². The third kappa shape index (κ3) is 1.17. The lowest BCUT2D eigenvalue weighted by Crippen LogP contribution is -2.63. The van der Waals surface area contributed by atoms with Crippen LogP contribution >= 0.6 is 0 Å². The molecule has 2 bridgehead atoms. The highest BCUT2D eigenvalue weighted by Gasteiger charge is 2.54. The molecule has 4 heteroatoms. The van der Waals surface area contributed by atoms with Crippen LogP contribution in [0.25, 0.3) is 0 Å². The van der Waals surface area contributed by atoms with Crippen molar-refractivity contribution in [3.8, 4) is 0 Å². The van der Waals surface area contributed by atoms with Crippen molar-refractivity contribution in [2.24, 2.45) is 5.92 Å². The molecule has 0 amide bonds. The predicted octanol–water partition coefficient (Wildman–Crippen LogP) is -1.28. The number of aliphatic hydroxyl groups is 1. The number of piperidine rings is 1. The van der Waals surface area contributed by atoms with Crippen LogP contribution in [0.1, 0.15) is 19.3 Å². The maximum absolute atomic E-state index is 11.0. The van der Waals surface area contributed by atoms with Gasteiger partial charge in [-0.15, -0.1) is 0 Å². The number of carbonyl (C=O) groups excluding carboxylic acids is 1. The van der Waals surface area contributed by atoms with Gasteiger partial charge in [0.25, 0.3) is 0 Å². The number of carbonyl (C=O) groups is 1. The summed E-state index contributed by atoms with van der Waals surface area (Å²) in [5, 5.41) is 20.7. The van der Waals surface area contributed by atoms with E-state index < -0.39 is 18.0 Å². The van der Waals surface area contributed by atoms with Gasteiger partial charge in [0.1, 0.15) is 0 Å². The molecule has 2 fully saturated rings. The number of rotatable bonds is 1. The maximum Gasteiger partial charge on any atom is 0.0997 e. The second-order valence-electron chi connectivity index (χ2n) is 5.08. The number of nitrogens with zero attached hydrogens (tertiary/aromatic N) is 1. The Bertz CT molecular complexity index is 264. The first-order valence-corrected chi connectivity index (χ1v) is 5.17. The van der Waals surface area contributed by atoms with Crippen molar-refractivity contribution in [1.29, 1.82) is 0 Å². The number of hydrogen-bond donors (Lipinski definition) is 1. The van der Waals surface area contributed by atoms with Gasteiger partial charge in [0.15, 0.2) is 0 Å². The highest BCUT2D eigenvalue weighted by atomic mass is 16.4. The monoisotopic (exact) mass is 199 g/mol. The third-order valence-electron chi connectivity index (χ3n) is 4.21. The van der Waals surface area contributed by atoms with Crippen molar-refractivity contribution in [2.75, 3.05) is 14.1 Å². The Morgan fingerprint density at radius 3 is 2.64 bits per heavy atom. The van der Waals surface area contributed by atoms with Crippen LogP contribution in [0.5, 0.6) is 0 Å². The molecule has 0 aromatic rings. The fourth-order valence-corrected chi connectivity index (χ4v) is 3.28. The number of carboxylic acids is 1. The smallest absolute Gasteiger partial charge is 0.0997 e. The summed E-state index contributed by atoms with van der Waals surface area (Å²) in [5.41, 5.74) is 0. The summed E-state index contributed by atoms with van der Waals surface area (Å²) >= 11 is 0. The Labute approximate surface area is 83.7 Å². The number of fused-ring (bicyclic) bond motifs is 2. The molecular formula is C10H17NO3. The third-order valence-corrected chi connectivity index (χ3v) is 4.21. The van der Waals surface area contributed by atoms with Crippen LogP contribution in [0, 0.1) is 5.92 Å². The molecule has 4 nitrogen and oxygen atoms in total. The SMILES string of the molecule is C[N+]1(C)C2CCC1[C@@H](C(=O)[O-])[C@@H](O)C2. The van der Waals surface area contributed by atoms with Gasteiger partial charge in [-0.05, 0) is 0 Å². The Hall–Kier alpha value is -0.610. The van der Waals surface area contributed by atoms with Crippen molar-refractivity contribution < 1.29 is 19.5 Å². The molecule has 80 valence electrons. The maximum atomic E-state index is 11.0. The quantitative estimate of drug-likeness (QED) is 0.535. The molecule has 0 aliphatic carbocycles. The summed E-state index contributed by atoms with van der Waals surface area (Å²) in [6, 6.07) is 0.458. The van der Waals surface area contributed by atoms with Gasteiger partial charge in [-0.2, -0.15) is 0 Å². The lowest BCUT2D eigenvalue weighted by atomic mass is 9.86. The van der Waals surface area contributed by atoms with Crippen LogP contribution in [-0.2, 0) is 4.79 Å². The summed E-state index contributed by atoms with van der Waals surface area (Å²) in [6.07, 6.45) is 1.82. The molecule has 14 heavy (non-hydrogen) atoms. The minimum Gasteiger partial charge on any atom is -0.550 e. The molecular weight excluding hydrogens is 182 g/mol. The van der Waals surface area contributed by atoms with Crippen LogP contribution in [0.15, 0.2) is 0 Å². The zero-order chi connectivity index (χ0) is 10.5.